The van der Waals surface area contributed by atoms with Crippen LogP contribution in [0.15, 0.2) is 144 Å². The van der Waals surface area contributed by atoms with Crippen LogP contribution in [0.4, 0.5) is 0 Å². The van der Waals surface area contributed by atoms with Crippen molar-refractivity contribution >= 4 is 35.0 Å². The molecule has 6 aliphatic rings. The van der Waals surface area contributed by atoms with Gasteiger partial charge in [0.25, 0.3) is 0 Å². The molecular weight excluding hydrogens is 496 g/mol. The maximum Gasteiger partial charge on any atom is 0.172 e. The third kappa shape index (κ3) is 3.02. The van der Waals surface area contributed by atoms with Gasteiger partial charge in [0.15, 0.2) is 29.2 Å². The Balaban J connectivity index is 1.32. The molecule has 8 bridgehead atoms. The first-order chi connectivity index (χ1) is 19.8. The fourth-order valence-corrected chi connectivity index (χ4v) is 5.67. The van der Waals surface area contributed by atoms with Crippen molar-refractivity contribution in [2.75, 3.05) is 0 Å². The van der Waals surface area contributed by atoms with Crippen LogP contribution in [0.5, 0.6) is 0 Å². The van der Waals surface area contributed by atoms with Gasteiger partial charge in [0.05, 0.1) is 5.57 Å². The Bertz CT molecular complexity index is 2040. The number of fused-ring (bicyclic) bond motifs is 16. The van der Waals surface area contributed by atoms with E-state index in [0.29, 0.717) is 29.2 Å². The van der Waals surface area contributed by atoms with Crippen molar-refractivity contribution in [1.82, 2.24) is 10.6 Å². The molecule has 5 heterocycles. The molecule has 0 aromatic heterocycles. The van der Waals surface area contributed by atoms with Crippen LogP contribution in [0.3, 0.4) is 0 Å². The molecule has 0 saturated heterocycles. The number of aliphatic imine (C=N–C) groups is 6. The van der Waals surface area contributed by atoms with E-state index in [-0.39, 0.29) is 6.17 Å². The summed E-state index contributed by atoms with van der Waals surface area (Å²) >= 11 is 0. The molecule has 8 nitrogen and oxygen atoms in total. The molecule has 186 valence electrons. The number of nitrogens with zero attached hydrogens (tertiary/aromatic N) is 6. The maximum absolute atomic E-state index is 5.04. The van der Waals surface area contributed by atoms with Gasteiger partial charge in [-0.05, 0) is 12.2 Å². The average molecular weight is 515 g/mol. The van der Waals surface area contributed by atoms with Crippen LogP contribution in [0.25, 0.3) is 0 Å². The van der Waals surface area contributed by atoms with Crippen LogP contribution in [-0.2, 0) is 0 Å². The molecule has 0 radical (unpaired) electrons. The summed E-state index contributed by atoms with van der Waals surface area (Å²) in [5.41, 5.74) is 10.8. The lowest BCUT2D eigenvalue weighted by molar-refractivity contribution is 0.631. The Hall–Kier alpha value is -5.72. The predicted molar refractivity (Wildman–Crippen MR) is 156 cm³/mol. The van der Waals surface area contributed by atoms with Crippen molar-refractivity contribution in [2.24, 2.45) is 30.0 Å². The summed E-state index contributed by atoms with van der Waals surface area (Å²) in [6, 6.07) is 24.3. The van der Waals surface area contributed by atoms with Gasteiger partial charge in [-0.25, -0.2) is 30.0 Å². The molecule has 3 aromatic rings. The van der Waals surface area contributed by atoms with Crippen LogP contribution in [0.2, 0.25) is 0 Å². The summed E-state index contributed by atoms with van der Waals surface area (Å²) in [5.74, 6) is 4.30. The lowest BCUT2D eigenvalue weighted by Crippen LogP contribution is -2.36. The molecule has 1 unspecified atom stereocenters. The van der Waals surface area contributed by atoms with E-state index in [2.05, 4.69) is 34.6 Å². The number of nitrogens with one attached hydrogen (secondary N) is 2. The van der Waals surface area contributed by atoms with Gasteiger partial charge < -0.3 is 10.6 Å². The van der Waals surface area contributed by atoms with Crippen molar-refractivity contribution in [3.05, 3.63) is 147 Å². The monoisotopic (exact) mass is 514 g/mol. The van der Waals surface area contributed by atoms with E-state index in [9.17, 15) is 0 Å². The molecule has 0 spiro atoms. The Labute approximate surface area is 228 Å². The van der Waals surface area contributed by atoms with Crippen molar-refractivity contribution < 1.29 is 0 Å². The van der Waals surface area contributed by atoms with Gasteiger partial charge in [0.1, 0.15) is 17.8 Å². The van der Waals surface area contributed by atoms with E-state index < -0.39 is 0 Å². The highest BCUT2D eigenvalue weighted by Crippen LogP contribution is 2.33. The number of benzene rings is 3. The van der Waals surface area contributed by atoms with Gasteiger partial charge >= 0.3 is 0 Å². The molecule has 3 aromatic carbocycles. The van der Waals surface area contributed by atoms with E-state index in [1.165, 1.54) is 0 Å². The first-order valence-corrected chi connectivity index (χ1v) is 13.0. The lowest BCUT2D eigenvalue weighted by Gasteiger charge is -2.16. The summed E-state index contributed by atoms with van der Waals surface area (Å²) in [4.78, 5) is 29.7. The zero-order valence-corrected chi connectivity index (χ0v) is 20.9. The number of hydrogen-bond acceptors (Lipinski definition) is 8. The third-order valence-corrected chi connectivity index (χ3v) is 7.52. The number of rotatable bonds is 0. The highest BCUT2D eigenvalue weighted by atomic mass is 15.2. The molecule has 5 aliphatic heterocycles. The zero-order valence-electron chi connectivity index (χ0n) is 20.9. The first kappa shape index (κ1) is 21.2. The minimum absolute atomic E-state index is 0.238. The molecule has 0 amide bonds. The van der Waals surface area contributed by atoms with E-state index in [1.807, 2.05) is 72.8 Å². The molecule has 1 atom stereocenters. The highest BCUT2D eigenvalue weighted by Gasteiger charge is 2.33. The maximum atomic E-state index is 5.04. The Morgan fingerprint density at radius 1 is 0.550 bits per heavy atom. The van der Waals surface area contributed by atoms with Crippen LogP contribution in [-0.4, -0.2) is 35.0 Å². The first-order valence-electron chi connectivity index (χ1n) is 13.0. The fourth-order valence-electron chi connectivity index (χ4n) is 5.67. The number of hydrogen-bond donors (Lipinski definition) is 2. The summed E-state index contributed by atoms with van der Waals surface area (Å²) in [6.07, 6.45) is 5.55. The Morgan fingerprint density at radius 3 is 1.88 bits per heavy atom. The third-order valence-electron chi connectivity index (χ3n) is 7.52. The lowest BCUT2D eigenvalue weighted by atomic mass is 10.0. The second-order valence-electron chi connectivity index (χ2n) is 9.84. The summed E-state index contributed by atoms with van der Waals surface area (Å²) in [7, 11) is 0. The average Bonchev–Trinajstić information content (AvgIpc) is 3.73. The molecule has 9 rings (SSSR count). The second kappa shape index (κ2) is 7.89. The minimum atomic E-state index is -0.238. The molecular formula is C32H18N8. The molecule has 0 saturated carbocycles. The normalized spacial score (nSPS) is 20.5. The topological polar surface area (TPSA) is 98.2 Å². The van der Waals surface area contributed by atoms with Crippen molar-refractivity contribution in [3.8, 4) is 0 Å². The number of allylic oxidation sites excluding steroid dienone is 2. The SMILES string of the molecule is C1=CC=CC2=C3N=C(N=C4N=C(N=C5NC(NC6=NC(=N3)c3ccccc36)c3ccccc35)c3ccccc34)C=12. The predicted octanol–water partition coefficient (Wildman–Crippen LogP) is 4.33. The van der Waals surface area contributed by atoms with Gasteiger partial charge in [-0.3, -0.25) is 0 Å². The molecule has 1 aliphatic carbocycles. The summed E-state index contributed by atoms with van der Waals surface area (Å²) in [5, 5.41) is 7.19. The van der Waals surface area contributed by atoms with Gasteiger partial charge in [0.2, 0.25) is 0 Å². The van der Waals surface area contributed by atoms with E-state index in [4.69, 9.17) is 30.0 Å². The van der Waals surface area contributed by atoms with Gasteiger partial charge in [-0.2, -0.15) is 0 Å². The van der Waals surface area contributed by atoms with Gasteiger partial charge in [-0.15, -0.1) is 5.73 Å². The zero-order chi connectivity index (χ0) is 26.2. The standard InChI is InChI=1S/C32H18N8/c1-2-10-18-17(9-1)25-33-26(18)38-28-21-13-5-6-14-22(21)30(35-28)40-32-24-16-8-7-15-23(24)31(36-32)39-29-20-12-4-3-11-19(20)27(34-29)37-25/h1-15,25H,(H,34,37,39)(H,33,35,36,38,40). The van der Waals surface area contributed by atoms with E-state index >= 15 is 0 Å². The summed E-state index contributed by atoms with van der Waals surface area (Å²) < 4.78 is 0. The van der Waals surface area contributed by atoms with Crippen molar-refractivity contribution in [2.45, 2.75) is 6.17 Å². The molecule has 40 heavy (non-hydrogen) atoms. The quantitative estimate of drug-likeness (QED) is 0.437. The van der Waals surface area contributed by atoms with Gasteiger partial charge in [-0.1, -0.05) is 78.9 Å². The summed E-state index contributed by atoms with van der Waals surface area (Å²) in [6.45, 7) is 0. The van der Waals surface area contributed by atoms with E-state index in [1.54, 1.807) is 0 Å². The highest BCUT2D eigenvalue weighted by molar-refractivity contribution is 6.29. The smallest absolute Gasteiger partial charge is 0.172 e. The van der Waals surface area contributed by atoms with E-state index in [0.717, 1.165) is 56.2 Å². The van der Waals surface area contributed by atoms with Crippen LogP contribution < -0.4 is 10.6 Å². The van der Waals surface area contributed by atoms with Crippen LogP contribution in [0, 0.1) is 0 Å². The fraction of sp³-hybridized carbons (Fsp3) is 0.0312. The molecule has 0 fully saturated rings. The molecule has 8 heteroatoms. The van der Waals surface area contributed by atoms with Crippen molar-refractivity contribution in [3.63, 3.8) is 0 Å². The van der Waals surface area contributed by atoms with Crippen molar-refractivity contribution in [1.29, 1.82) is 0 Å². The largest absolute Gasteiger partial charge is 0.346 e. The Morgan fingerprint density at radius 2 is 1.10 bits per heavy atom. The molecule has 2 N–H and O–H groups in total. The minimum Gasteiger partial charge on any atom is -0.346 e. The van der Waals surface area contributed by atoms with Crippen LogP contribution in [0.1, 0.15) is 39.5 Å². The number of amidine groups is 6. The van der Waals surface area contributed by atoms with Crippen LogP contribution >= 0.6 is 0 Å². The van der Waals surface area contributed by atoms with Gasteiger partial charge in [0, 0.05) is 39.0 Å². The Kier molecular flexibility index (Phi) is 4.19. The second-order valence-corrected chi connectivity index (χ2v) is 9.84.